The number of amides is 1. The number of nitrogens with two attached hydrogens (primary N) is 1. The van der Waals surface area contributed by atoms with Crippen LogP contribution >= 0.6 is 0 Å². The molecule has 0 fully saturated rings. The third-order valence-electron chi connectivity index (χ3n) is 2.50. The van der Waals surface area contributed by atoms with Crippen LogP contribution in [0.4, 0.5) is 17.6 Å². The van der Waals surface area contributed by atoms with Gasteiger partial charge in [0.2, 0.25) is 5.91 Å². The van der Waals surface area contributed by atoms with Gasteiger partial charge < -0.3 is 11.1 Å². The zero-order valence-electron chi connectivity index (χ0n) is 10.2. The van der Waals surface area contributed by atoms with Crippen molar-refractivity contribution in [1.29, 1.82) is 0 Å². The van der Waals surface area contributed by atoms with E-state index in [1.807, 2.05) is 0 Å². The summed E-state index contributed by atoms with van der Waals surface area (Å²) in [5.41, 5.74) is 3.97. The topological polar surface area (TPSA) is 55.1 Å². The molecule has 0 saturated heterocycles. The molecule has 0 aliphatic carbocycles. The fourth-order valence-corrected chi connectivity index (χ4v) is 1.57. The number of nitrogens with one attached hydrogen (secondary N) is 1. The molecule has 0 aliphatic heterocycles. The number of carbonyl (C=O) groups is 1. The number of carbonyl (C=O) groups excluding carboxylic acids is 1. The number of primary amides is 1. The lowest BCUT2D eigenvalue weighted by Gasteiger charge is -2.14. The second-order valence-corrected chi connectivity index (χ2v) is 4.26. The van der Waals surface area contributed by atoms with Gasteiger partial charge in [-0.15, -0.1) is 0 Å². The highest BCUT2D eigenvalue weighted by atomic mass is 19.4. The molecule has 0 saturated carbocycles. The molecule has 0 spiro atoms. The van der Waals surface area contributed by atoms with Crippen molar-refractivity contribution in [3.63, 3.8) is 0 Å². The van der Waals surface area contributed by atoms with Gasteiger partial charge in [0, 0.05) is 19.0 Å². The van der Waals surface area contributed by atoms with E-state index in [-0.39, 0.29) is 24.6 Å². The summed E-state index contributed by atoms with van der Waals surface area (Å²) in [7, 11) is 0. The van der Waals surface area contributed by atoms with E-state index in [0.717, 1.165) is 12.1 Å². The average Bonchev–Trinajstić information content (AvgIpc) is 2.25. The molecule has 19 heavy (non-hydrogen) atoms. The average molecular weight is 278 g/mol. The standard InChI is InChI=1S/C12H14F4N2O/c1-7(4-11(17)19)18-6-8-2-3-10(13)9(5-8)12(14,15)16/h2-3,5,7,18H,4,6H2,1H3,(H2,17,19). The van der Waals surface area contributed by atoms with Crippen molar-refractivity contribution in [3.8, 4) is 0 Å². The highest BCUT2D eigenvalue weighted by Gasteiger charge is 2.34. The summed E-state index contributed by atoms with van der Waals surface area (Å²) in [5.74, 6) is -1.81. The highest BCUT2D eigenvalue weighted by Crippen LogP contribution is 2.31. The summed E-state index contributed by atoms with van der Waals surface area (Å²) >= 11 is 0. The minimum absolute atomic E-state index is 0.0767. The third-order valence-corrected chi connectivity index (χ3v) is 2.50. The minimum atomic E-state index is -4.72. The van der Waals surface area contributed by atoms with Gasteiger partial charge in [0.05, 0.1) is 5.56 Å². The monoisotopic (exact) mass is 278 g/mol. The van der Waals surface area contributed by atoms with E-state index < -0.39 is 23.5 Å². The molecule has 0 heterocycles. The van der Waals surface area contributed by atoms with Gasteiger partial charge in [-0.05, 0) is 24.6 Å². The number of alkyl halides is 3. The van der Waals surface area contributed by atoms with Crippen LogP contribution in [-0.4, -0.2) is 11.9 Å². The largest absolute Gasteiger partial charge is 0.419 e. The Labute approximate surface area is 107 Å². The SMILES string of the molecule is CC(CC(N)=O)NCc1ccc(F)c(C(F)(F)F)c1. The first kappa shape index (κ1) is 15.4. The predicted octanol–water partition coefficient (Wildman–Crippen LogP) is 2.20. The lowest BCUT2D eigenvalue weighted by molar-refractivity contribution is -0.140. The van der Waals surface area contributed by atoms with Crippen LogP contribution in [0.1, 0.15) is 24.5 Å². The van der Waals surface area contributed by atoms with Crippen molar-refractivity contribution in [3.05, 3.63) is 35.1 Å². The molecule has 1 aromatic carbocycles. The first-order chi connectivity index (χ1) is 8.70. The van der Waals surface area contributed by atoms with Crippen LogP contribution in [0.15, 0.2) is 18.2 Å². The van der Waals surface area contributed by atoms with Crippen LogP contribution in [0.3, 0.4) is 0 Å². The molecule has 0 bridgehead atoms. The summed E-state index contributed by atoms with van der Waals surface area (Å²) in [6.45, 7) is 1.77. The molecule has 7 heteroatoms. The van der Waals surface area contributed by atoms with Crippen molar-refractivity contribution in [2.45, 2.75) is 32.1 Å². The van der Waals surface area contributed by atoms with Crippen LogP contribution in [0.25, 0.3) is 0 Å². The minimum Gasteiger partial charge on any atom is -0.370 e. The Morgan fingerprint density at radius 3 is 2.58 bits per heavy atom. The molecular weight excluding hydrogens is 264 g/mol. The van der Waals surface area contributed by atoms with Gasteiger partial charge in [0.1, 0.15) is 5.82 Å². The van der Waals surface area contributed by atoms with Gasteiger partial charge in [-0.1, -0.05) is 6.07 Å². The van der Waals surface area contributed by atoms with Crippen LogP contribution < -0.4 is 11.1 Å². The van der Waals surface area contributed by atoms with Crippen molar-refractivity contribution >= 4 is 5.91 Å². The molecular formula is C12H14F4N2O. The van der Waals surface area contributed by atoms with E-state index in [2.05, 4.69) is 5.32 Å². The lowest BCUT2D eigenvalue weighted by Crippen LogP contribution is -2.30. The van der Waals surface area contributed by atoms with E-state index in [1.54, 1.807) is 6.92 Å². The van der Waals surface area contributed by atoms with Crippen LogP contribution in [0, 0.1) is 5.82 Å². The summed E-state index contributed by atoms with van der Waals surface area (Å²) in [5, 5.41) is 2.84. The Bertz CT molecular complexity index is 460. The molecule has 0 radical (unpaired) electrons. The molecule has 0 aromatic heterocycles. The van der Waals surface area contributed by atoms with Crippen molar-refractivity contribution in [1.82, 2.24) is 5.32 Å². The van der Waals surface area contributed by atoms with Crippen molar-refractivity contribution in [2.24, 2.45) is 5.73 Å². The second-order valence-electron chi connectivity index (χ2n) is 4.26. The van der Waals surface area contributed by atoms with Crippen molar-refractivity contribution < 1.29 is 22.4 Å². The van der Waals surface area contributed by atoms with Crippen LogP contribution in [0.5, 0.6) is 0 Å². The molecule has 1 unspecified atom stereocenters. The van der Waals surface area contributed by atoms with Crippen LogP contribution in [-0.2, 0) is 17.5 Å². The molecule has 1 amide bonds. The summed E-state index contributed by atoms with van der Waals surface area (Å²) in [4.78, 5) is 10.6. The number of benzene rings is 1. The number of halogens is 4. The molecule has 1 aromatic rings. The maximum Gasteiger partial charge on any atom is 0.419 e. The fraction of sp³-hybridized carbons (Fsp3) is 0.417. The molecule has 1 rings (SSSR count). The van der Waals surface area contributed by atoms with Gasteiger partial charge in [0.25, 0.3) is 0 Å². The molecule has 106 valence electrons. The zero-order chi connectivity index (χ0) is 14.6. The van der Waals surface area contributed by atoms with Crippen LogP contribution in [0.2, 0.25) is 0 Å². The zero-order valence-corrected chi connectivity index (χ0v) is 10.2. The van der Waals surface area contributed by atoms with E-state index in [1.165, 1.54) is 6.07 Å². The lowest BCUT2D eigenvalue weighted by atomic mass is 10.1. The Kier molecular flexibility index (Phi) is 4.88. The molecule has 0 aliphatic rings. The second kappa shape index (κ2) is 6.01. The Hall–Kier alpha value is -1.63. The number of hydrogen-bond donors (Lipinski definition) is 2. The van der Waals surface area contributed by atoms with E-state index in [4.69, 9.17) is 5.73 Å². The molecule has 1 atom stereocenters. The highest BCUT2D eigenvalue weighted by molar-refractivity contribution is 5.74. The fourth-order valence-electron chi connectivity index (χ4n) is 1.57. The van der Waals surface area contributed by atoms with Crippen molar-refractivity contribution in [2.75, 3.05) is 0 Å². The third kappa shape index (κ3) is 4.86. The Morgan fingerprint density at radius 1 is 1.42 bits per heavy atom. The molecule has 3 nitrogen and oxygen atoms in total. The maximum absolute atomic E-state index is 13.0. The van der Waals surface area contributed by atoms with Gasteiger partial charge in [-0.25, -0.2) is 4.39 Å². The number of rotatable bonds is 5. The Morgan fingerprint density at radius 2 is 2.05 bits per heavy atom. The van der Waals surface area contributed by atoms with Gasteiger partial charge >= 0.3 is 6.18 Å². The quantitative estimate of drug-likeness (QED) is 0.811. The molecule has 3 N–H and O–H groups in total. The van der Waals surface area contributed by atoms with Gasteiger partial charge in [-0.2, -0.15) is 13.2 Å². The van der Waals surface area contributed by atoms with E-state index >= 15 is 0 Å². The normalized spacial score (nSPS) is 13.3. The maximum atomic E-state index is 13.0. The van der Waals surface area contributed by atoms with Gasteiger partial charge in [-0.3, -0.25) is 4.79 Å². The summed E-state index contributed by atoms with van der Waals surface area (Å²) in [6.07, 6.45) is -4.65. The smallest absolute Gasteiger partial charge is 0.370 e. The predicted molar refractivity (Wildman–Crippen MR) is 61.5 cm³/mol. The first-order valence-corrected chi connectivity index (χ1v) is 5.57. The Balaban J connectivity index is 2.73. The number of hydrogen-bond acceptors (Lipinski definition) is 2. The summed E-state index contributed by atoms with van der Waals surface area (Å²) < 4.78 is 50.5. The van der Waals surface area contributed by atoms with E-state index in [9.17, 15) is 22.4 Å². The first-order valence-electron chi connectivity index (χ1n) is 5.57. The summed E-state index contributed by atoms with van der Waals surface area (Å²) in [6, 6.07) is 2.52. The van der Waals surface area contributed by atoms with Gasteiger partial charge in [0.15, 0.2) is 0 Å². The van der Waals surface area contributed by atoms with E-state index in [0.29, 0.717) is 0 Å².